The highest BCUT2D eigenvalue weighted by molar-refractivity contribution is 5.20. The van der Waals surface area contributed by atoms with E-state index in [0.29, 0.717) is 6.04 Å². The molecule has 0 radical (unpaired) electrons. The topological polar surface area (TPSA) is 38.5 Å². The molecule has 0 aliphatic carbocycles. The number of rotatable bonds is 4. The molecule has 1 aliphatic rings. The third-order valence-corrected chi connectivity index (χ3v) is 3.56. The molecule has 0 spiro atoms. The third-order valence-electron chi connectivity index (χ3n) is 3.56. The normalized spacial score (nSPS) is 23.9. The largest absolute Gasteiger partial charge is 0.380 e. The van der Waals surface area contributed by atoms with Crippen molar-refractivity contribution in [3.8, 4) is 0 Å². The lowest BCUT2D eigenvalue weighted by molar-refractivity contribution is 0.123. The summed E-state index contributed by atoms with van der Waals surface area (Å²) in [5.41, 5.74) is 7.44. The molecule has 1 heterocycles. The summed E-state index contributed by atoms with van der Waals surface area (Å²) >= 11 is 0. The quantitative estimate of drug-likeness (QED) is 0.863. The predicted molar refractivity (Wildman–Crippen MR) is 69.8 cm³/mol. The molecule has 1 aromatic rings. The van der Waals surface area contributed by atoms with Gasteiger partial charge in [-0.15, -0.1) is 0 Å². The monoisotopic (exact) mass is 234 g/mol. The molecule has 0 aromatic heterocycles. The van der Waals surface area contributed by atoms with Crippen LogP contribution in [0, 0.1) is 0 Å². The smallest absolute Gasteiger partial charge is 0.0622 e. The van der Waals surface area contributed by atoms with Crippen LogP contribution in [0.4, 0.5) is 0 Å². The van der Waals surface area contributed by atoms with Gasteiger partial charge in [-0.05, 0) is 26.0 Å². The van der Waals surface area contributed by atoms with E-state index in [2.05, 4.69) is 43.1 Å². The lowest BCUT2D eigenvalue weighted by atomic mass is 9.98. The Hall–Kier alpha value is -0.900. The number of ether oxygens (including phenoxy) is 1. The molecule has 3 unspecified atom stereocenters. The van der Waals surface area contributed by atoms with E-state index in [1.54, 1.807) is 0 Å². The number of benzene rings is 1. The van der Waals surface area contributed by atoms with Crippen LogP contribution in [0.1, 0.15) is 24.9 Å². The number of nitrogens with two attached hydrogens (primary N) is 1. The van der Waals surface area contributed by atoms with Crippen molar-refractivity contribution in [1.82, 2.24) is 4.90 Å². The first kappa shape index (κ1) is 12.6. The summed E-state index contributed by atoms with van der Waals surface area (Å²) in [7, 11) is 2.15. The zero-order chi connectivity index (χ0) is 12.3. The van der Waals surface area contributed by atoms with E-state index in [0.717, 1.165) is 19.6 Å². The van der Waals surface area contributed by atoms with Gasteiger partial charge in [-0.2, -0.15) is 0 Å². The van der Waals surface area contributed by atoms with E-state index in [1.807, 2.05) is 6.07 Å². The highest BCUT2D eigenvalue weighted by Crippen LogP contribution is 2.26. The van der Waals surface area contributed by atoms with Gasteiger partial charge in [0, 0.05) is 24.7 Å². The molecule has 0 saturated carbocycles. The number of hydrogen-bond donors (Lipinski definition) is 1. The summed E-state index contributed by atoms with van der Waals surface area (Å²) in [5, 5.41) is 0. The molecular formula is C14H22N2O. The standard InChI is InChI=1S/C14H22N2O/c1-11(15)14(12-6-4-3-5-7-12)16(2)13-8-9-17-10-13/h3-7,11,13-14H,8-10,15H2,1-2H3. The summed E-state index contributed by atoms with van der Waals surface area (Å²) in [6.07, 6.45) is 1.10. The molecule has 1 aliphatic heterocycles. The minimum absolute atomic E-state index is 0.114. The van der Waals surface area contributed by atoms with Crippen molar-refractivity contribution in [3.05, 3.63) is 35.9 Å². The zero-order valence-corrected chi connectivity index (χ0v) is 10.7. The fraction of sp³-hybridized carbons (Fsp3) is 0.571. The highest BCUT2D eigenvalue weighted by Gasteiger charge is 2.29. The van der Waals surface area contributed by atoms with Crippen LogP contribution in [0.5, 0.6) is 0 Å². The average molecular weight is 234 g/mol. The van der Waals surface area contributed by atoms with E-state index in [4.69, 9.17) is 10.5 Å². The Bertz CT molecular complexity index is 333. The van der Waals surface area contributed by atoms with E-state index < -0.39 is 0 Å². The molecule has 1 saturated heterocycles. The van der Waals surface area contributed by atoms with Crippen LogP contribution >= 0.6 is 0 Å². The van der Waals surface area contributed by atoms with Crippen molar-refractivity contribution >= 4 is 0 Å². The first-order valence-electron chi connectivity index (χ1n) is 6.30. The van der Waals surface area contributed by atoms with Gasteiger partial charge in [-0.3, -0.25) is 4.90 Å². The van der Waals surface area contributed by atoms with Gasteiger partial charge >= 0.3 is 0 Å². The van der Waals surface area contributed by atoms with Gasteiger partial charge in [0.1, 0.15) is 0 Å². The fourth-order valence-electron chi connectivity index (χ4n) is 2.63. The molecule has 0 bridgehead atoms. The maximum Gasteiger partial charge on any atom is 0.0622 e. The average Bonchev–Trinajstić information content (AvgIpc) is 2.83. The lowest BCUT2D eigenvalue weighted by Crippen LogP contribution is -2.43. The maximum atomic E-state index is 6.15. The molecule has 0 amide bonds. The van der Waals surface area contributed by atoms with Crippen molar-refractivity contribution in [2.75, 3.05) is 20.3 Å². The first-order valence-corrected chi connectivity index (χ1v) is 6.30. The molecule has 1 fully saturated rings. The molecule has 2 N–H and O–H groups in total. The molecule has 2 rings (SSSR count). The molecular weight excluding hydrogens is 212 g/mol. The molecule has 3 nitrogen and oxygen atoms in total. The van der Waals surface area contributed by atoms with Crippen molar-refractivity contribution in [1.29, 1.82) is 0 Å². The van der Waals surface area contributed by atoms with Crippen LogP contribution in [0.25, 0.3) is 0 Å². The summed E-state index contributed by atoms with van der Waals surface area (Å²) in [5.74, 6) is 0. The van der Waals surface area contributed by atoms with Crippen LogP contribution in [-0.4, -0.2) is 37.2 Å². The van der Waals surface area contributed by atoms with Gasteiger partial charge in [-0.1, -0.05) is 30.3 Å². The Morgan fingerprint density at radius 3 is 2.59 bits per heavy atom. The first-order chi connectivity index (χ1) is 8.20. The van der Waals surface area contributed by atoms with Gasteiger partial charge < -0.3 is 10.5 Å². The predicted octanol–water partition coefficient (Wildman–Crippen LogP) is 1.80. The van der Waals surface area contributed by atoms with E-state index >= 15 is 0 Å². The Morgan fingerprint density at radius 2 is 2.06 bits per heavy atom. The van der Waals surface area contributed by atoms with Crippen molar-refractivity contribution in [2.45, 2.75) is 31.5 Å². The summed E-state index contributed by atoms with van der Waals surface area (Å²) < 4.78 is 5.46. The van der Waals surface area contributed by atoms with Gasteiger partial charge in [0.25, 0.3) is 0 Å². The molecule has 3 atom stereocenters. The van der Waals surface area contributed by atoms with Crippen LogP contribution < -0.4 is 5.73 Å². The molecule has 17 heavy (non-hydrogen) atoms. The third kappa shape index (κ3) is 2.86. The maximum absolute atomic E-state index is 6.15. The summed E-state index contributed by atoms with van der Waals surface area (Å²) in [6.45, 7) is 3.77. The second-order valence-corrected chi connectivity index (χ2v) is 4.90. The lowest BCUT2D eigenvalue weighted by Gasteiger charge is -2.35. The minimum Gasteiger partial charge on any atom is -0.380 e. The number of likely N-dealkylation sites (N-methyl/N-ethyl adjacent to an activating group) is 1. The Balaban J connectivity index is 2.17. The minimum atomic E-state index is 0.114. The molecule has 3 heteroatoms. The van der Waals surface area contributed by atoms with Crippen LogP contribution in [0.15, 0.2) is 30.3 Å². The van der Waals surface area contributed by atoms with E-state index in [-0.39, 0.29) is 12.1 Å². The SMILES string of the molecule is CC(N)C(c1ccccc1)N(C)C1CCOC1. The fourth-order valence-corrected chi connectivity index (χ4v) is 2.63. The van der Waals surface area contributed by atoms with Crippen LogP contribution in [0.3, 0.4) is 0 Å². The van der Waals surface area contributed by atoms with Crippen molar-refractivity contribution < 1.29 is 4.74 Å². The second-order valence-electron chi connectivity index (χ2n) is 4.90. The summed E-state index contributed by atoms with van der Waals surface area (Å²) in [4.78, 5) is 2.37. The van der Waals surface area contributed by atoms with E-state index in [1.165, 1.54) is 5.56 Å². The van der Waals surface area contributed by atoms with Gasteiger partial charge in [0.2, 0.25) is 0 Å². The van der Waals surface area contributed by atoms with E-state index in [9.17, 15) is 0 Å². The van der Waals surface area contributed by atoms with Crippen molar-refractivity contribution in [3.63, 3.8) is 0 Å². The molecule has 1 aromatic carbocycles. The summed E-state index contributed by atoms with van der Waals surface area (Å²) in [6, 6.07) is 11.4. The van der Waals surface area contributed by atoms with Crippen molar-refractivity contribution in [2.24, 2.45) is 5.73 Å². The van der Waals surface area contributed by atoms with Crippen LogP contribution in [0.2, 0.25) is 0 Å². The van der Waals surface area contributed by atoms with Gasteiger partial charge in [0.05, 0.1) is 6.61 Å². The molecule has 94 valence electrons. The Kier molecular flexibility index (Phi) is 4.15. The Morgan fingerprint density at radius 1 is 1.35 bits per heavy atom. The zero-order valence-electron chi connectivity index (χ0n) is 10.7. The van der Waals surface area contributed by atoms with Gasteiger partial charge in [-0.25, -0.2) is 0 Å². The Labute approximate surface area is 104 Å². The number of hydrogen-bond acceptors (Lipinski definition) is 3. The number of nitrogens with zero attached hydrogens (tertiary/aromatic N) is 1. The van der Waals surface area contributed by atoms with Gasteiger partial charge in [0.15, 0.2) is 0 Å². The van der Waals surface area contributed by atoms with Crippen LogP contribution in [-0.2, 0) is 4.74 Å². The second kappa shape index (κ2) is 5.63. The highest BCUT2D eigenvalue weighted by atomic mass is 16.5.